The third kappa shape index (κ3) is 2.61. The Balaban J connectivity index is 2.11. The molecule has 2 aromatic rings. The number of aliphatic hydroxyl groups excluding tert-OH is 1. The highest BCUT2D eigenvalue weighted by Gasteiger charge is 2.01. The van der Waals surface area contributed by atoms with Crippen LogP contribution >= 0.6 is 0 Å². The van der Waals surface area contributed by atoms with Crippen molar-refractivity contribution in [1.29, 1.82) is 0 Å². The van der Waals surface area contributed by atoms with Crippen LogP contribution in [0.4, 0.5) is 0 Å². The summed E-state index contributed by atoms with van der Waals surface area (Å²) in [5.74, 6) is 1.59. The molecule has 0 spiro atoms. The first kappa shape index (κ1) is 10.7. The average Bonchev–Trinajstić information content (AvgIpc) is 2.31. The lowest BCUT2D eigenvalue weighted by Gasteiger charge is -2.07. The normalized spacial score (nSPS) is 12.1. The largest absolute Gasteiger partial charge is 0.457 e. The van der Waals surface area contributed by atoms with Gasteiger partial charge in [0, 0.05) is 0 Å². The highest BCUT2D eigenvalue weighted by atomic mass is 16.5. The van der Waals surface area contributed by atoms with Crippen molar-refractivity contribution in [2.24, 2.45) is 0 Å². The van der Waals surface area contributed by atoms with Gasteiger partial charge in [0.1, 0.15) is 11.5 Å². The molecule has 0 bridgehead atoms. The standard InChI is InChI=1S/C14H14O2/c1-11(15)12-7-9-14(10-8-12)16-13-5-3-2-4-6-13/h2-11,15H,1H3. The van der Waals surface area contributed by atoms with Gasteiger partial charge in [-0.15, -0.1) is 0 Å². The molecule has 0 saturated heterocycles. The Morgan fingerprint density at radius 1 is 0.875 bits per heavy atom. The van der Waals surface area contributed by atoms with Gasteiger partial charge in [-0.3, -0.25) is 0 Å². The molecule has 0 saturated carbocycles. The second-order valence-electron chi connectivity index (χ2n) is 3.66. The first-order chi connectivity index (χ1) is 7.75. The van der Waals surface area contributed by atoms with Crippen LogP contribution in [0.3, 0.4) is 0 Å². The minimum absolute atomic E-state index is 0.439. The van der Waals surface area contributed by atoms with E-state index in [4.69, 9.17) is 4.74 Å². The van der Waals surface area contributed by atoms with Crippen LogP contribution in [0.1, 0.15) is 18.6 Å². The Hall–Kier alpha value is -1.80. The van der Waals surface area contributed by atoms with Gasteiger partial charge < -0.3 is 9.84 Å². The first-order valence-electron chi connectivity index (χ1n) is 5.26. The van der Waals surface area contributed by atoms with Crippen molar-refractivity contribution in [2.75, 3.05) is 0 Å². The Labute approximate surface area is 95.1 Å². The van der Waals surface area contributed by atoms with E-state index >= 15 is 0 Å². The minimum atomic E-state index is -0.439. The van der Waals surface area contributed by atoms with E-state index in [1.165, 1.54) is 0 Å². The number of benzene rings is 2. The summed E-state index contributed by atoms with van der Waals surface area (Å²) >= 11 is 0. The van der Waals surface area contributed by atoms with Crippen molar-refractivity contribution in [1.82, 2.24) is 0 Å². The molecular formula is C14H14O2. The van der Waals surface area contributed by atoms with Gasteiger partial charge in [-0.05, 0) is 36.8 Å². The van der Waals surface area contributed by atoms with Crippen LogP contribution in [0, 0.1) is 0 Å². The third-order valence-corrected chi connectivity index (χ3v) is 2.34. The molecule has 0 radical (unpaired) electrons. The number of rotatable bonds is 3. The monoisotopic (exact) mass is 214 g/mol. The topological polar surface area (TPSA) is 29.5 Å². The van der Waals surface area contributed by atoms with Crippen molar-refractivity contribution in [3.05, 3.63) is 60.2 Å². The van der Waals surface area contributed by atoms with Gasteiger partial charge in [0.15, 0.2) is 0 Å². The quantitative estimate of drug-likeness (QED) is 0.846. The molecule has 1 atom stereocenters. The van der Waals surface area contributed by atoms with Gasteiger partial charge in [-0.2, -0.15) is 0 Å². The smallest absolute Gasteiger partial charge is 0.127 e. The van der Waals surface area contributed by atoms with Crippen LogP contribution in [0.5, 0.6) is 11.5 Å². The number of hydrogen-bond donors (Lipinski definition) is 1. The fourth-order valence-electron chi connectivity index (χ4n) is 1.44. The molecule has 16 heavy (non-hydrogen) atoms. The summed E-state index contributed by atoms with van der Waals surface area (Å²) in [4.78, 5) is 0. The fourth-order valence-corrected chi connectivity index (χ4v) is 1.44. The van der Waals surface area contributed by atoms with E-state index < -0.39 is 6.10 Å². The van der Waals surface area contributed by atoms with Crippen LogP contribution in [-0.4, -0.2) is 5.11 Å². The molecule has 1 N–H and O–H groups in total. The average molecular weight is 214 g/mol. The van der Waals surface area contributed by atoms with Crippen LogP contribution in [-0.2, 0) is 0 Å². The fraction of sp³-hybridized carbons (Fsp3) is 0.143. The summed E-state index contributed by atoms with van der Waals surface area (Å²) in [7, 11) is 0. The Kier molecular flexibility index (Phi) is 3.22. The Morgan fingerprint density at radius 3 is 2.00 bits per heavy atom. The van der Waals surface area contributed by atoms with Crippen LogP contribution in [0.25, 0.3) is 0 Å². The summed E-state index contributed by atoms with van der Waals surface area (Å²) in [5, 5.41) is 9.36. The van der Waals surface area contributed by atoms with Gasteiger partial charge >= 0.3 is 0 Å². The minimum Gasteiger partial charge on any atom is -0.457 e. The molecular weight excluding hydrogens is 200 g/mol. The summed E-state index contributed by atoms with van der Waals surface area (Å²) in [6.07, 6.45) is -0.439. The van der Waals surface area contributed by atoms with E-state index in [0.717, 1.165) is 17.1 Å². The van der Waals surface area contributed by atoms with E-state index in [2.05, 4.69) is 0 Å². The molecule has 0 aliphatic rings. The molecule has 1 unspecified atom stereocenters. The van der Waals surface area contributed by atoms with E-state index in [1.54, 1.807) is 6.92 Å². The summed E-state index contributed by atoms with van der Waals surface area (Å²) in [6.45, 7) is 1.74. The highest BCUT2D eigenvalue weighted by molar-refractivity contribution is 5.33. The van der Waals surface area contributed by atoms with Crippen molar-refractivity contribution < 1.29 is 9.84 Å². The lowest BCUT2D eigenvalue weighted by molar-refractivity contribution is 0.199. The molecule has 82 valence electrons. The SMILES string of the molecule is CC(O)c1ccc(Oc2ccccc2)cc1. The number of ether oxygens (including phenoxy) is 1. The van der Waals surface area contributed by atoms with Crippen molar-refractivity contribution >= 4 is 0 Å². The molecule has 0 fully saturated rings. The second-order valence-corrected chi connectivity index (χ2v) is 3.66. The highest BCUT2D eigenvalue weighted by Crippen LogP contribution is 2.22. The predicted octanol–water partition coefficient (Wildman–Crippen LogP) is 3.53. The zero-order valence-corrected chi connectivity index (χ0v) is 9.13. The molecule has 0 amide bonds. The van der Waals surface area contributed by atoms with E-state index in [9.17, 15) is 5.11 Å². The van der Waals surface area contributed by atoms with Crippen LogP contribution in [0.15, 0.2) is 54.6 Å². The molecule has 2 heteroatoms. The zero-order chi connectivity index (χ0) is 11.4. The summed E-state index contributed by atoms with van der Waals surface area (Å²) in [6, 6.07) is 17.1. The lowest BCUT2D eigenvalue weighted by atomic mass is 10.1. The first-order valence-corrected chi connectivity index (χ1v) is 5.26. The maximum absolute atomic E-state index is 9.36. The summed E-state index contributed by atoms with van der Waals surface area (Å²) in [5.41, 5.74) is 0.889. The van der Waals surface area contributed by atoms with Crippen LogP contribution in [0.2, 0.25) is 0 Å². The third-order valence-electron chi connectivity index (χ3n) is 2.34. The number of aliphatic hydroxyl groups is 1. The maximum atomic E-state index is 9.36. The lowest BCUT2D eigenvalue weighted by Crippen LogP contribution is -1.90. The molecule has 0 aliphatic carbocycles. The maximum Gasteiger partial charge on any atom is 0.127 e. The van der Waals surface area contributed by atoms with E-state index in [0.29, 0.717) is 0 Å². The second kappa shape index (κ2) is 4.81. The Bertz CT molecular complexity index is 432. The molecule has 0 aliphatic heterocycles. The van der Waals surface area contributed by atoms with Gasteiger partial charge in [-0.25, -0.2) is 0 Å². The molecule has 2 rings (SSSR count). The van der Waals surface area contributed by atoms with Crippen molar-refractivity contribution in [3.63, 3.8) is 0 Å². The molecule has 0 heterocycles. The summed E-state index contributed by atoms with van der Waals surface area (Å²) < 4.78 is 5.63. The molecule has 2 aromatic carbocycles. The van der Waals surface area contributed by atoms with Gasteiger partial charge in [0.05, 0.1) is 6.10 Å². The number of para-hydroxylation sites is 1. The van der Waals surface area contributed by atoms with E-state index in [1.807, 2.05) is 54.6 Å². The Morgan fingerprint density at radius 2 is 1.44 bits per heavy atom. The molecule has 0 aromatic heterocycles. The zero-order valence-electron chi connectivity index (χ0n) is 9.13. The molecule has 2 nitrogen and oxygen atoms in total. The van der Waals surface area contributed by atoms with Gasteiger partial charge in [0.25, 0.3) is 0 Å². The van der Waals surface area contributed by atoms with E-state index in [-0.39, 0.29) is 0 Å². The predicted molar refractivity (Wildman–Crippen MR) is 63.6 cm³/mol. The van der Waals surface area contributed by atoms with Gasteiger partial charge in [-0.1, -0.05) is 30.3 Å². The van der Waals surface area contributed by atoms with Crippen molar-refractivity contribution in [3.8, 4) is 11.5 Å². The van der Waals surface area contributed by atoms with Gasteiger partial charge in [0.2, 0.25) is 0 Å². The van der Waals surface area contributed by atoms with Crippen molar-refractivity contribution in [2.45, 2.75) is 13.0 Å². The number of hydrogen-bond acceptors (Lipinski definition) is 2. The van der Waals surface area contributed by atoms with Crippen LogP contribution < -0.4 is 4.74 Å².